The number of aliphatic carboxylic acids is 1. The second kappa shape index (κ2) is 11.9. The zero-order valence-corrected chi connectivity index (χ0v) is 31.8. The maximum atomic E-state index is 13.5. The molecule has 1 unspecified atom stereocenters. The van der Waals surface area contributed by atoms with Gasteiger partial charge >= 0.3 is 5.97 Å². The molecular formula is C40H64N4O5. The highest BCUT2D eigenvalue weighted by molar-refractivity contribution is 5.91. The molecule has 4 fully saturated rings. The lowest BCUT2D eigenvalue weighted by atomic mass is 9.34. The van der Waals surface area contributed by atoms with Crippen molar-refractivity contribution in [1.29, 1.82) is 0 Å². The van der Waals surface area contributed by atoms with Gasteiger partial charge in [-0.05, 0) is 97.3 Å². The predicted octanol–water partition coefficient (Wildman–Crippen LogP) is 6.87. The van der Waals surface area contributed by atoms with Crippen LogP contribution >= 0.6 is 0 Å². The van der Waals surface area contributed by atoms with Gasteiger partial charge in [0.15, 0.2) is 0 Å². The topological polar surface area (TPSA) is 143 Å². The average molecular weight is 681 g/mol. The Morgan fingerprint density at radius 2 is 1.80 bits per heavy atom. The Morgan fingerprint density at radius 1 is 1.10 bits per heavy atom. The van der Waals surface area contributed by atoms with E-state index in [1.807, 2.05) is 11.6 Å². The Balaban J connectivity index is 1.47. The number of carbonyl (C=O) groups is 2. The van der Waals surface area contributed by atoms with Crippen molar-refractivity contribution in [3.8, 4) is 0 Å². The SMILES string of the molecule is CC(C)[C@@H](C)[C@@]1(C)CC[C@]2(C)[C@H]3CC[C@H]4C5(C)COC[C@@]4(C[C@@H](n4nccc4C(N)=O)[C@@H]5OC[C@](C)(N)C(C)C)C3=CC[C@@]2(C)[C@@H]1C(=O)O. The van der Waals surface area contributed by atoms with Crippen molar-refractivity contribution in [2.45, 2.75) is 125 Å². The van der Waals surface area contributed by atoms with Gasteiger partial charge in [0.05, 0.1) is 37.9 Å². The summed E-state index contributed by atoms with van der Waals surface area (Å²) < 4.78 is 15.5. The molecule has 1 aromatic rings. The van der Waals surface area contributed by atoms with E-state index in [9.17, 15) is 14.7 Å². The molecule has 274 valence electrons. The second-order valence-electron chi connectivity index (χ2n) is 19.0. The largest absolute Gasteiger partial charge is 0.481 e. The molecule has 0 spiro atoms. The zero-order valence-electron chi connectivity index (χ0n) is 31.8. The number of nitrogens with zero attached hydrogens (tertiary/aromatic N) is 2. The van der Waals surface area contributed by atoms with E-state index in [1.165, 1.54) is 5.57 Å². The maximum absolute atomic E-state index is 13.5. The number of amides is 1. The molecule has 3 saturated carbocycles. The highest BCUT2D eigenvalue weighted by Crippen LogP contribution is 2.75. The van der Waals surface area contributed by atoms with Gasteiger partial charge in [0, 0.05) is 22.6 Å². The van der Waals surface area contributed by atoms with Crippen molar-refractivity contribution in [2.75, 3.05) is 19.8 Å². The molecule has 5 aliphatic rings. The fourth-order valence-corrected chi connectivity index (χ4v) is 12.3. The summed E-state index contributed by atoms with van der Waals surface area (Å²) >= 11 is 0. The standard InChI is InChI=1S/C40H64N4O5/c1-23(2)25(5)35(6)16-17-37(8)26-11-12-30-36(7)20-48-22-40(30,27(26)13-15-38(37,9)31(35)34(46)47)19-29(44-28(33(41)45)14-18-43-44)32(36)49-21-39(10,42)24(3)4/h13-14,18,23-26,29-32H,11-12,15-17,19-22,42H2,1-10H3,(H2,41,45)(H,46,47)/t25-,26+,29-,30+,31-,32+,35-,36?,37-,38+,39+,40+/m1/s1. The fraction of sp³-hybridized carbons (Fsp3) is 0.825. The van der Waals surface area contributed by atoms with Crippen LogP contribution in [0.15, 0.2) is 23.9 Å². The van der Waals surface area contributed by atoms with Crippen LogP contribution in [0.5, 0.6) is 0 Å². The number of nitrogens with two attached hydrogens (primary N) is 2. The van der Waals surface area contributed by atoms with Crippen LogP contribution in [0.1, 0.15) is 124 Å². The molecule has 49 heavy (non-hydrogen) atoms. The van der Waals surface area contributed by atoms with E-state index in [1.54, 1.807) is 12.3 Å². The van der Waals surface area contributed by atoms with Gasteiger partial charge in [-0.1, -0.05) is 74.0 Å². The molecule has 4 aliphatic carbocycles. The van der Waals surface area contributed by atoms with Gasteiger partial charge < -0.3 is 26.0 Å². The minimum Gasteiger partial charge on any atom is -0.481 e. The summed E-state index contributed by atoms with van der Waals surface area (Å²) in [4.78, 5) is 26.2. The molecule has 0 radical (unpaired) electrons. The van der Waals surface area contributed by atoms with Crippen molar-refractivity contribution >= 4 is 11.9 Å². The average Bonchev–Trinajstić information content (AvgIpc) is 3.50. The Labute approximate surface area is 294 Å². The Bertz CT molecular complexity index is 1500. The highest BCUT2D eigenvalue weighted by atomic mass is 16.5. The Morgan fingerprint density at radius 3 is 2.41 bits per heavy atom. The number of aromatic nitrogens is 2. The summed E-state index contributed by atoms with van der Waals surface area (Å²) in [5, 5.41) is 15.8. The third-order valence-electron chi connectivity index (χ3n) is 16.2. The molecule has 12 atom stereocenters. The van der Waals surface area contributed by atoms with Crippen LogP contribution in [-0.2, 0) is 14.3 Å². The molecule has 9 nitrogen and oxygen atoms in total. The molecule has 0 aromatic carbocycles. The van der Waals surface area contributed by atoms with Gasteiger partial charge in [-0.25, -0.2) is 0 Å². The molecule has 1 aliphatic heterocycles. The quantitative estimate of drug-likeness (QED) is 0.242. The molecule has 2 bridgehead atoms. The second-order valence-corrected chi connectivity index (χ2v) is 19.0. The van der Waals surface area contributed by atoms with Crippen molar-refractivity contribution in [3.63, 3.8) is 0 Å². The monoisotopic (exact) mass is 680 g/mol. The van der Waals surface area contributed by atoms with Crippen molar-refractivity contribution in [3.05, 3.63) is 29.6 Å². The number of rotatable bonds is 9. The minimum absolute atomic E-state index is 0.185. The van der Waals surface area contributed by atoms with Crippen LogP contribution in [0.4, 0.5) is 0 Å². The molecule has 6 rings (SSSR count). The summed E-state index contributed by atoms with van der Waals surface area (Å²) in [6.07, 6.45) is 9.23. The first-order chi connectivity index (χ1) is 22.7. The first-order valence-electron chi connectivity index (χ1n) is 19.0. The summed E-state index contributed by atoms with van der Waals surface area (Å²) in [6.45, 7) is 23.8. The van der Waals surface area contributed by atoms with Crippen molar-refractivity contribution < 1.29 is 24.2 Å². The molecule has 1 aromatic heterocycles. The number of primary amides is 1. The number of carboxylic acids is 1. The van der Waals surface area contributed by atoms with Crippen LogP contribution in [-0.4, -0.2) is 58.2 Å². The van der Waals surface area contributed by atoms with Crippen molar-refractivity contribution in [2.24, 2.45) is 74.0 Å². The normalized spacial score (nSPS) is 43.5. The van der Waals surface area contributed by atoms with E-state index in [-0.39, 0.29) is 51.6 Å². The molecular weight excluding hydrogens is 616 g/mol. The minimum atomic E-state index is -0.649. The number of hydrogen-bond donors (Lipinski definition) is 3. The van der Waals surface area contributed by atoms with E-state index in [0.29, 0.717) is 43.8 Å². The lowest BCUT2D eigenvalue weighted by Crippen LogP contribution is -2.69. The maximum Gasteiger partial charge on any atom is 0.307 e. The van der Waals surface area contributed by atoms with Crippen molar-refractivity contribution in [1.82, 2.24) is 9.78 Å². The third-order valence-corrected chi connectivity index (χ3v) is 16.2. The van der Waals surface area contributed by atoms with Gasteiger partial charge in [0.2, 0.25) is 0 Å². The van der Waals surface area contributed by atoms with Crippen LogP contribution in [0, 0.1) is 62.6 Å². The van der Waals surface area contributed by atoms with Gasteiger partial charge in [0.25, 0.3) is 5.91 Å². The highest BCUT2D eigenvalue weighted by Gasteiger charge is 2.72. The number of allylic oxidation sites excluding steroid dienone is 1. The first-order valence-corrected chi connectivity index (χ1v) is 19.0. The Kier molecular flexibility index (Phi) is 8.88. The van der Waals surface area contributed by atoms with Gasteiger partial charge in [-0.3, -0.25) is 14.3 Å². The number of hydrogen-bond acceptors (Lipinski definition) is 6. The van der Waals surface area contributed by atoms with Crippen LogP contribution < -0.4 is 11.5 Å². The van der Waals surface area contributed by atoms with Crippen LogP contribution in [0.2, 0.25) is 0 Å². The smallest absolute Gasteiger partial charge is 0.307 e. The molecule has 9 heteroatoms. The fourth-order valence-electron chi connectivity index (χ4n) is 12.3. The summed E-state index contributed by atoms with van der Waals surface area (Å²) in [7, 11) is 0. The van der Waals surface area contributed by atoms with Gasteiger partial charge in [-0.15, -0.1) is 0 Å². The predicted molar refractivity (Wildman–Crippen MR) is 191 cm³/mol. The van der Waals surface area contributed by atoms with Gasteiger partial charge in [-0.2, -0.15) is 5.10 Å². The van der Waals surface area contributed by atoms with Gasteiger partial charge in [0.1, 0.15) is 5.69 Å². The lowest BCUT2D eigenvalue weighted by Gasteiger charge is -2.71. The zero-order chi connectivity index (χ0) is 36.1. The number of ether oxygens (including phenoxy) is 2. The Hall–Kier alpha value is -2.23. The first kappa shape index (κ1) is 36.6. The molecule has 1 saturated heterocycles. The number of carbonyl (C=O) groups excluding carboxylic acids is 1. The van der Waals surface area contributed by atoms with E-state index in [0.717, 1.165) is 32.1 Å². The summed E-state index contributed by atoms with van der Waals surface area (Å²) in [5.74, 6) is -0.149. The van der Waals surface area contributed by atoms with E-state index < -0.39 is 28.7 Å². The van der Waals surface area contributed by atoms with E-state index in [2.05, 4.69) is 68.4 Å². The number of carboxylic acid groups (broad SMARTS) is 1. The molecule has 1 amide bonds. The molecule has 2 heterocycles. The number of fused-ring (bicyclic) bond motifs is 3. The van der Waals surface area contributed by atoms with E-state index >= 15 is 0 Å². The third kappa shape index (κ3) is 5.05. The van der Waals surface area contributed by atoms with Crippen LogP contribution in [0.3, 0.4) is 0 Å². The van der Waals surface area contributed by atoms with Crippen LogP contribution in [0.25, 0.3) is 0 Å². The summed E-state index contributed by atoms with van der Waals surface area (Å²) in [5.41, 5.74) is 12.5. The lowest BCUT2D eigenvalue weighted by molar-refractivity contribution is -0.252. The molecule has 5 N–H and O–H groups in total. The summed E-state index contributed by atoms with van der Waals surface area (Å²) in [6, 6.07) is 1.46. The van der Waals surface area contributed by atoms with E-state index in [4.69, 9.17) is 26.0 Å².